The van der Waals surface area contributed by atoms with Crippen molar-refractivity contribution in [1.29, 1.82) is 0 Å². The number of carbonyl (C=O) groups excluding carboxylic acids is 1. The Hall–Kier alpha value is -3.08. The van der Waals surface area contributed by atoms with Crippen molar-refractivity contribution in [1.82, 2.24) is 9.97 Å². The summed E-state index contributed by atoms with van der Waals surface area (Å²) in [6, 6.07) is 4.66. The summed E-state index contributed by atoms with van der Waals surface area (Å²) in [4.78, 5) is 20.2. The van der Waals surface area contributed by atoms with E-state index in [1.54, 1.807) is 12.1 Å². The van der Waals surface area contributed by atoms with Crippen LogP contribution in [0.5, 0.6) is 11.5 Å². The second-order valence-electron chi connectivity index (χ2n) is 6.92. The van der Waals surface area contributed by atoms with Gasteiger partial charge in [0.05, 0.1) is 18.4 Å². The molecule has 0 aliphatic rings. The lowest BCUT2D eigenvalue weighted by Crippen LogP contribution is -2.25. The van der Waals surface area contributed by atoms with Gasteiger partial charge in [0, 0.05) is 24.0 Å². The molecule has 10 nitrogen and oxygen atoms in total. The third-order valence-corrected chi connectivity index (χ3v) is 5.55. The number of nitrogens with zero attached hydrogens (tertiary/aromatic N) is 2. The highest BCUT2D eigenvalue weighted by molar-refractivity contribution is 7.87. The van der Waals surface area contributed by atoms with E-state index >= 15 is 0 Å². The largest absolute Gasteiger partial charge is 0.493 e. The van der Waals surface area contributed by atoms with Gasteiger partial charge in [-0.15, -0.1) is 0 Å². The van der Waals surface area contributed by atoms with Gasteiger partial charge in [-0.05, 0) is 31.9 Å². The number of primary amides is 1. The number of benzene rings is 1. The molecule has 0 saturated heterocycles. The average molecular weight is 438 g/mol. The minimum atomic E-state index is -3.69. The Morgan fingerprint density at radius 2 is 1.93 bits per heavy atom. The molecule has 4 N–H and O–H groups in total. The van der Waals surface area contributed by atoms with E-state index in [0.717, 1.165) is 0 Å². The molecule has 0 bridgehead atoms. The van der Waals surface area contributed by atoms with Crippen molar-refractivity contribution in [2.45, 2.75) is 33.7 Å². The summed E-state index contributed by atoms with van der Waals surface area (Å²) in [7, 11) is -2.29. The highest BCUT2D eigenvalue weighted by Crippen LogP contribution is 2.32. The summed E-state index contributed by atoms with van der Waals surface area (Å²) < 4.78 is 33.7. The van der Waals surface area contributed by atoms with Gasteiger partial charge in [0.1, 0.15) is 5.82 Å². The summed E-state index contributed by atoms with van der Waals surface area (Å²) in [6.45, 7) is 7.53. The molecule has 1 heterocycles. The Balaban J connectivity index is 2.32. The number of methoxy groups -OCH3 is 1. The number of anilines is 3. The highest BCUT2D eigenvalue weighted by Gasteiger charge is 2.17. The van der Waals surface area contributed by atoms with Crippen LogP contribution in [-0.4, -0.2) is 43.2 Å². The van der Waals surface area contributed by atoms with Gasteiger partial charge in [-0.3, -0.25) is 4.79 Å². The Morgan fingerprint density at radius 3 is 2.50 bits per heavy atom. The van der Waals surface area contributed by atoms with Crippen LogP contribution in [0.4, 0.5) is 17.5 Å². The normalized spacial score (nSPS) is 12.3. The molecule has 0 spiro atoms. The van der Waals surface area contributed by atoms with Crippen LogP contribution in [0.15, 0.2) is 24.4 Å². The Bertz CT molecular complexity index is 1010. The minimum Gasteiger partial charge on any atom is -0.493 e. The molecule has 0 fully saturated rings. The third-order valence-electron chi connectivity index (χ3n) is 4.41. The molecule has 1 aromatic carbocycles. The first-order chi connectivity index (χ1) is 14.1. The van der Waals surface area contributed by atoms with Crippen molar-refractivity contribution in [3.8, 4) is 11.5 Å². The lowest BCUT2D eigenvalue weighted by atomic mass is 10.1. The van der Waals surface area contributed by atoms with Crippen molar-refractivity contribution in [3.63, 3.8) is 0 Å². The van der Waals surface area contributed by atoms with Gasteiger partial charge in [0.25, 0.3) is 5.91 Å². The predicted molar refractivity (Wildman–Crippen MR) is 115 cm³/mol. The lowest BCUT2D eigenvalue weighted by Gasteiger charge is -2.20. The molecule has 1 amide bonds. The summed E-state index contributed by atoms with van der Waals surface area (Å²) >= 11 is 0. The summed E-state index contributed by atoms with van der Waals surface area (Å²) in [6.07, 6.45) is 1.34. The van der Waals surface area contributed by atoms with Gasteiger partial charge in [-0.1, -0.05) is 13.8 Å². The smallest absolute Gasteiger partial charge is 0.309 e. The number of hydrogen-bond acceptors (Lipinski definition) is 9. The maximum atomic E-state index is 11.7. The van der Waals surface area contributed by atoms with Gasteiger partial charge in [-0.25, -0.2) is 4.98 Å². The Morgan fingerprint density at radius 1 is 1.23 bits per heavy atom. The first-order valence-electron chi connectivity index (χ1n) is 9.36. The van der Waals surface area contributed by atoms with E-state index in [2.05, 4.69) is 20.6 Å². The van der Waals surface area contributed by atoms with Crippen LogP contribution < -0.4 is 25.3 Å². The molecule has 2 rings (SSSR count). The zero-order valence-electron chi connectivity index (χ0n) is 17.6. The molecule has 2 aromatic rings. The van der Waals surface area contributed by atoms with E-state index in [0.29, 0.717) is 17.4 Å². The highest BCUT2D eigenvalue weighted by atomic mass is 32.2. The number of amides is 1. The van der Waals surface area contributed by atoms with E-state index < -0.39 is 16.0 Å². The van der Waals surface area contributed by atoms with Crippen molar-refractivity contribution in [2.75, 3.05) is 23.5 Å². The van der Waals surface area contributed by atoms with E-state index in [9.17, 15) is 13.2 Å². The van der Waals surface area contributed by atoms with Crippen LogP contribution in [0.3, 0.4) is 0 Å². The summed E-state index contributed by atoms with van der Waals surface area (Å²) in [5.74, 6) is 0.326. The van der Waals surface area contributed by atoms with E-state index in [4.69, 9.17) is 14.7 Å². The van der Waals surface area contributed by atoms with Gasteiger partial charge >= 0.3 is 10.1 Å². The van der Waals surface area contributed by atoms with Crippen LogP contribution in [0.1, 0.15) is 38.1 Å². The third kappa shape index (κ3) is 5.96. The van der Waals surface area contributed by atoms with Gasteiger partial charge in [0.2, 0.25) is 5.95 Å². The second-order valence-corrected chi connectivity index (χ2v) is 8.78. The summed E-state index contributed by atoms with van der Waals surface area (Å²) in [5.41, 5.74) is 6.14. The monoisotopic (exact) mass is 437 g/mol. The zero-order chi connectivity index (χ0) is 22.5. The van der Waals surface area contributed by atoms with Crippen molar-refractivity contribution < 1.29 is 22.1 Å². The number of aromatic nitrogens is 2. The molecular weight excluding hydrogens is 410 g/mol. The van der Waals surface area contributed by atoms with Crippen LogP contribution in [0.25, 0.3) is 0 Å². The summed E-state index contributed by atoms with van der Waals surface area (Å²) in [5, 5.41) is 6.17. The van der Waals surface area contributed by atoms with E-state index in [1.807, 2.05) is 20.8 Å². The molecule has 1 aromatic heterocycles. The topological polar surface area (TPSA) is 146 Å². The number of nitrogens with one attached hydrogen (secondary N) is 2. The Kier molecular flexibility index (Phi) is 7.43. The molecule has 164 valence electrons. The zero-order valence-corrected chi connectivity index (χ0v) is 18.4. The van der Waals surface area contributed by atoms with Crippen LogP contribution in [0.2, 0.25) is 0 Å². The molecule has 0 saturated carbocycles. The van der Waals surface area contributed by atoms with Crippen molar-refractivity contribution in [2.24, 2.45) is 11.7 Å². The Labute approximate surface area is 176 Å². The fourth-order valence-corrected chi connectivity index (χ4v) is 2.78. The molecule has 0 aliphatic heterocycles. The minimum absolute atomic E-state index is 0.0443. The first-order valence-corrected chi connectivity index (χ1v) is 10.9. The van der Waals surface area contributed by atoms with E-state index in [1.165, 1.54) is 26.3 Å². The van der Waals surface area contributed by atoms with Crippen molar-refractivity contribution in [3.05, 3.63) is 30.0 Å². The van der Waals surface area contributed by atoms with Gasteiger partial charge < -0.3 is 25.3 Å². The SMILES string of the molecule is CCS(=O)(=O)Oc1ccc(Nc2ncc(C(N)=O)c(N[C@H](C)C(C)C)n2)cc1OC. The van der Waals surface area contributed by atoms with Crippen LogP contribution in [-0.2, 0) is 10.1 Å². The van der Waals surface area contributed by atoms with Gasteiger partial charge in [0.15, 0.2) is 11.5 Å². The fourth-order valence-electron chi connectivity index (χ4n) is 2.25. The van der Waals surface area contributed by atoms with Crippen LogP contribution >= 0.6 is 0 Å². The van der Waals surface area contributed by atoms with E-state index in [-0.39, 0.29) is 34.8 Å². The van der Waals surface area contributed by atoms with Gasteiger partial charge in [-0.2, -0.15) is 13.4 Å². The average Bonchev–Trinajstić information content (AvgIpc) is 2.68. The number of carbonyl (C=O) groups is 1. The predicted octanol–water partition coefficient (Wildman–Crippen LogP) is 2.51. The maximum Gasteiger partial charge on any atom is 0.309 e. The number of nitrogens with two attached hydrogens (primary N) is 1. The molecule has 30 heavy (non-hydrogen) atoms. The molecule has 0 radical (unpaired) electrons. The molecule has 0 unspecified atom stereocenters. The molecule has 1 atom stereocenters. The van der Waals surface area contributed by atoms with Crippen molar-refractivity contribution >= 4 is 33.5 Å². The number of ether oxygens (including phenoxy) is 1. The maximum absolute atomic E-state index is 11.7. The standard InChI is InChI=1S/C19H27N5O5S/c1-6-30(26,27)29-15-8-7-13(9-16(15)28-5)23-19-21-10-14(17(20)25)18(24-19)22-12(4)11(2)3/h7-12H,6H2,1-5H3,(H2,20,25)(H2,21,22,23,24)/t12-/m1/s1. The first kappa shape index (κ1) is 23.2. The lowest BCUT2D eigenvalue weighted by molar-refractivity contribution is 0.100. The number of rotatable bonds is 10. The quantitative estimate of drug-likeness (QED) is 0.477. The molecular formula is C19H27N5O5S. The fraction of sp³-hybridized carbons (Fsp3) is 0.421. The second kappa shape index (κ2) is 9.61. The number of hydrogen-bond donors (Lipinski definition) is 3. The van der Waals surface area contributed by atoms with Crippen LogP contribution in [0, 0.1) is 5.92 Å². The molecule has 0 aliphatic carbocycles. The molecule has 11 heteroatoms.